The molecule has 1 aromatic carbocycles. The van der Waals surface area contributed by atoms with Crippen LogP contribution in [-0.4, -0.2) is 33.1 Å². The van der Waals surface area contributed by atoms with E-state index in [0.717, 1.165) is 41.6 Å². The van der Waals surface area contributed by atoms with Crippen LogP contribution in [0.3, 0.4) is 0 Å². The Labute approximate surface area is 163 Å². The summed E-state index contributed by atoms with van der Waals surface area (Å²) < 4.78 is 7.23. The van der Waals surface area contributed by atoms with Crippen molar-refractivity contribution in [2.75, 3.05) is 12.4 Å². The molecule has 140 valence electrons. The second-order valence-corrected chi connectivity index (χ2v) is 7.82. The van der Waals surface area contributed by atoms with E-state index in [1.165, 1.54) is 12.8 Å². The summed E-state index contributed by atoms with van der Waals surface area (Å²) in [6.45, 7) is 2.26. The minimum absolute atomic E-state index is 0.137. The predicted octanol–water partition coefficient (Wildman–Crippen LogP) is 5.15. The third-order valence-corrected chi connectivity index (χ3v) is 5.89. The molecule has 0 bridgehead atoms. The quantitative estimate of drug-likeness (QED) is 0.352. The molecule has 1 heterocycles. The first-order chi connectivity index (χ1) is 12.7. The standard InChI is InChI=1S/C19H24ClN3O2S/c1-2-25-17(24)12-7-13-26-19-22-21-18(15-10-5-6-11-16(15)20)23(19)14-8-3-4-9-14/h5-6,10-11,14H,2-4,7-9,12-13H2,1H3. The Morgan fingerprint density at radius 3 is 2.81 bits per heavy atom. The monoisotopic (exact) mass is 393 g/mol. The summed E-state index contributed by atoms with van der Waals surface area (Å²) in [6, 6.07) is 8.20. The third-order valence-electron chi connectivity index (χ3n) is 4.53. The molecule has 7 heteroatoms. The summed E-state index contributed by atoms with van der Waals surface area (Å²) in [5.41, 5.74) is 0.923. The maximum absolute atomic E-state index is 11.5. The van der Waals surface area contributed by atoms with Crippen molar-refractivity contribution in [3.8, 4) is 11.4 Å². The summed E-state index contributed by atoms with van der Waals surface area (Å²) in [6.07, 6.45) is 5.96. The fourth-order valence-corrected chi connectivity index (χ4v) is 4.47. The second-order valence-electron chi connectivity index (χ2n) is 6.35. The number of carbonyl (C=O) groups is 1. The lowest BCUT2D eigenvalue weighted by Gasteiger charge is -2.17. The average Bonchev–Trinajstić information content (AvgIpc) is 3.29. The number of ether oxygens (including phenoxy) is 1. The van der Waals surface area contributed by atoms with Gasteiger partial charge in [-0.2, -0.15) is 0 Å². The Kier molecular flexibility index (Phi) is 6.97. The van der Waals surface area contributed by atoms with Crippen molar-refractivity contribution in [2.45, 2.75) is 56.6 Å². The van der Waals surface area contributed by atoms with Crippen molar-refractivity contribution in [1.82, 2.24) is 14.8 Å². The lowest BCUT2D eigenvalue weighted by Crippen LogP contribution is -2.09. The molecule has 0 aliphatic heterocycles. The normalized spacial score (nSPS) is 14.7. The van der Waals surface area contributed by atoms with Gasteiger partial charge < -0.3 is 4.74 Å². The van der Waals surface area contributed by atoms with Crippen molar-refractivity contribution < 1.29 is 9.53 Å². The van der Waals surface area contributed by atoms with Crippen molar-refractivity contribution in [3.63, 3.8) is 0 Å². The molecule has 2 aromatic rings. The molecule has 1 aliphatic rings. The molecule has 0 spiro atoms. The van der Waals surface area contributed by atoms with Crippen LogP contribution in [0.5, 0.6) is 0 Å². The number of halogens is 1. The van der Waals surface area contributed by atoms with Gasteiger partial charge >= 0.3 is 5.97 Å². The van der Waals surface area contributed by atoms with Crippen LogP contribution >= 0.6 is 23.4 Å². The first-order valence-corrected chi connectivity index (χ1v) is 10.5. The molecule has 1 aliphatic carbocycles. The molecular weight excluding hydrogens is 370 g/mol. The number of esters is 1. The highest BCUT2D eigenvalue weighted by molar-refractivity contribution is 7.99. The maximum Gasteiger partial charge on any atom is 0.305 e. The zero-order valence-corrected chi connectivity index (χ0v) is 16.6. The summed E-state index contributed by atoms with van der Waals surface area (Å²) in [4.78, 5) is 11.5. The minimum Gasteiger partial charge on any atom is -0.466 e. The first-order valence-electron chi connectivity index (χ1n) is 9.19. The van der Waals surface area contributed by atoms with E-state index in [2.05, 4.69) is 14.8 Å². The van der Waals surface area contributed by atoms with Crippen molar-refractivity contribution in [1.29, 1.82) is 0 Å². The van der Waals surface area contributed by atoms with Gasteiger partial charge in [-0.3, -0.25) is 9.36 Å². The van der Waals surface area contributed by atoms with E-state index >= 15 is 0 Å². The highest BCUT2D eigenvalue weighted by Crippen LogP contribution is 2.38. The van der Waals surface area contributed by atoms with Gasteiger partial charge in [0.25, 0.3) is 0 Å². The molecule has 0 radical (unpaired) electrons. The van der Waals surface area contributed by atoms with Crippen LogP contribution in [0.25, 0.3) is 11.4 Å². The number of nitrogens with zero attached hydrogens (tertiary/aromatic N) is 3. The molecular formula is C19H24ClN3O2S. The van der Waals surface area contributed by atoms with Gasteiger partial charge in [0.05, 0.1) is 11.6 Å². The van der Waals surface area contributed by atoms with Crippen LogP contribution in [0.4, 0.5) is 0 Å². The molecule has 0 atom stereocenters. The third kappa shape index (κ3) is 4.60. The van der Waals surface area contributed by atoms with E-state index in [1.807, 2.05) is 31.2 Å². The van der Waals surface area contributed by atoms with Gasteiger partial charge in [0.1, 0.15) is 0 Å². The Bertz CT molecular complexity index is 744. The average molecular weight is 394 g/mol. The lowest BCUT2D eigenvalue weighted by atomic mass is 10.2. The Hall–Kier alpha value is -1.53. The molecule has 0 unspecified atom stereocenters. The Morgan fingerprint density at radius 1 is 1.31 bits per heavy atom. The van der Waals surface area contributed by atoms with Gasteiger partial charge in [0, 0.05) is 23.8 Å². The molecule has 0 amide bonds. The zero-order chi connectivity index (χ0) is 18.4. The van der Waals surface area contributed by atoms with Crippen molar-refractivity contribution >= 4 is 29.3 Å². The number of benzene rings is 1. The second kappa shape index (κ2) is 9.42. The van der Waals surface area contributed by atoms with Gasteiger partial charge in [-0.15, -0.1) is 10.2 Å². The van der Waals surface area contributed by atoms with Gasteiger partial charge in [-0.05, 0) is 38.3 Å². The van der Waals surface area contributed by atoms with Crippen LogP contribution in [0.15, 0.2) is 29.4 Å². The summed E-state index contributed by atoms with van der Waals surface area (Å²) in [5.74, 6) is 1.52. The van der Waals surface area contributed by atoms with E-state index < -0.39 is 0 Å². The summed E-state index contributed by atoms with van der Waals surface area (Å²) >= 11 is 8.05. The fourth-order valence-electron chi connectivity index (χ4n) is 3.31. The van der Waals surface area contributed by atoms with E-state index in [0.29, 0.717) is 24.1 Å². The minimum atomic E-state index is -0.137. The number of hydrogen-bond acceptors (Lipinski definition) is 5. The van der Waals surface area contributed by atoms with Crippen LogP contribution in [-0.2, 0) is 9.53 Å². The largest absolute Gasteiger partial charge is 0.466 e. The van der Waals surface area contributed by atoms with Crippen molar-refractivity contribution in [2.24, 2.45) is 0 Å². The molecule has 1 saturated carbocycles. The van der Waals surface area contributed by atoms with Crippen LogP contribution in [0.2, 0.25) is 5.02 Å². The molecule has 1 fully saturated rings. The fraction of sp³-hybridized carbons (Fsp3) is 0.526. The van der Waals surface area contributed by atoms with Crippen LogP contribution < -0.4 is 0 Å². The van der Waals surface area contributed by atoms with E-state index in [4.69, 9.17) is 16.3 Å². The summed E-state index contributed by atoms with van der Waals surface area (Å²) in [7, 11) is 0. The highest BCUT2D eigenvalue weighted by Gasteiger charge is 2.25. The van der Waals surface area contributed by atoms with Gasteiger partial charge in [-0.1, -0.05) is 48.3 Å². The molecule has 5 nitrogen and oxygen atoms in total. The molecule has 0 saturated heterocycles. The highest BCUT2D eigenvalue weighted by atomic mass is 35.5. The van der Waals surface area contributed by atoms with Crippen molar-refractivity contribution in [3.05, 3.63) is 29.3 Å². The van der Waals surface area contributed by atoms with Crippen LogP contribution in [0.1, 0.15) is 51.5 Å². The van der Waals surface area contributed by atoms with E-state index in [9.17, 15) is 4.79 Å². The number of hydrogen-bond donors (Lipinski definition) is 0. The number of thioether (sulfide) groups is 1. The maximum atomic E-state index is 11.5. The van der Waals surface area contributed by atoms with Gasteiger partial charge in [0.2, 0.25) is 0 Å². The Balaban J connectivity index is 1.75. The van der Waals surface area contributed by atoms with Gasteiger partial charge in [-0.25, -0.2) is 0 Å². The molecule has 0 N–H and O–H groups in total. The lowest BCUT2D eigenvalue weighted by molar-refractivity contribution is -0.143. The number of aromatic nitrogens is 3. The number of rotatable bonds is 8. The SMILES string of the molecule is CCOC(=O)CCCSc1nnc(-c2ccccc2Cl)n1C1CCCC1. The van der Waals surface area contributed by atoms with Gasteiger partial charge in [0.15, 0.2) is 11.0 Å². The Morgan fingerprint density at radius 2 is 2.08 bits per heavy atom. The number of carbonyl (C=O) groups excluding carboxylic acids is 1. The van der Waals surface area contributed by atoms with E-state index in [-0.39, 0.29) is 5.97 Å². The smallest absolute Gasteiger partial charge is 0.305 e. The predicted molar refractivity (Wildman–Crippen MR) is 105 cm³/mol. The first kappa shape index (κ1) is 19.2. The summed E-state index contributed by atoms with van der Waals surface area (Å²) in [5, 5.41) is 10.5. The zero-order valence-electron chi connectivity index (χ0n) is 15.0. The van der Waals surface area contributed by atoms with Crippen LogP contribution in [0, 0.1) is 0 Å². The van der Waals surface area contributed by atoms with E-state index in [1.54, 1.807) is 11.8 Å². The molecule has 26 heavy (non-hydrogen) atoms. The topological polar surface area (TPSA) is 57.0 Å². The molecule has 1 aromatic heterocycles. The molecule has 3 rings (SSSR count).